The van der Waals surface area contributed by atoms with Crippen LogP contribution in [0.1, 0.15) is 30.5 Å². The first-order valence-electron chi connectivity index (χ1n) is 9.53. The van der Waals surface area contributed by atoms with E-state index in [-0.39, 0.29) is 12.2 Å². The van der Waals surface area contributed by atoms with Crippen molar-refractivity contribution in [2.45, 2.75) is 45.6 Å². The molecule has 0 saturated heterocycles. The first-order valence-corrected chi connectivity index (χ1v) is 9.53. The molecule has 2 N–H and O–H groups in total. The summed E-state index contributed by atoms with van der Waals surface area (Å²) < 4.78 is 5.66. The third-order valence-corrected chi connectivity index (χ3v) is 4.68. The van der Waals surface area contributed by atoms with Crippen molar-refractivity contribution in [2.75, 3.05) is 19.6 Å². The summed E-state index contributed by atoms with van der Waals surface area (Å²) in [5.41, 5.74) is 4.03. The van der Waals surface area contributed by atoms with Gasteiger partial charge in [0.1, 0.15) is 5.75 Å². The summed E-state index contributed by atoms with van der Waals surface area (Å²) in [7, 11) is 0. The maximum atomic E-state index is 10.3. The quantitative estimate of drug-likeness (QED) is 0.765. The number of hydrogen-bond donors (Lipinski definition) is 2. The molecule has 1 aliphatic heterocycles. The standard InChI is InChI=1S/C22H30N2O2/c1-17(2)26-22-9-7-18(8-10-22)13-23-14-21(25)16-24-12-11-19-5-3-4-6-20(19)15-24/h3-10,17,21,23,25H,11-16H2,1-2H3/t21-/m0/s1. The lowest BCUT2D eigenvalue weighted by atomic mass is 10.00. The van der Waals surface area contributed by atoms with Crippen molar-refractivity contribution in [3.63, 3.8) is 0 Å². The van der Waals surface area contributed by atoms with Gasteiger partial charge < -0.3 is 15.2 Å². The number of nitrogens with zero attached hydrogens (tertiary/aromatic N) is 1. The summed E-state index contributed by atoms with van der Waals surface area (Å²) in [5, 5.41) is 13.7. The van der Waals surface area contributed by atoms with Crippen molar-refractivity contribution < 1.29 is 9.84 Å². The molecule has 3 rings (SSSR count). The van der Waals surface area contributed by atoms with Crippen LogP contribution in [-0.4, -0.2) is 41.8 Å². The van der Waals surface area contributed by atoms with Crippen LogP contribution in [-0.2, 0) is 19.5 Å². The van der Waals surface area contributed by atoms with Gasteiger partial charge in [-0.25, -0.2) is 0 Å². The van der Waals surface area contributed by atoms with E-state index in [4.69, 9.17) is 4.74 Å². The third-order valence-electron chi connectivity index (χ3n) is 4.68. The molecule has 0 bridgehead atoms. The number of β-amino-alcohol motifs (C(OH)–C–C–N with tert-alkyl or cyclic N) is 1. The molecule has 0 spiro atoms. The minimum atomic E-state index is -0.358. The van der Waals surface area contributed by atoms with Gasteiger partial charge in [-0.2, -0.15) is 0 Å². The van der Waals surface area contributed by atoms with Crippen LogP contribution in [0, 0.1) is 0 Å². The van der Waals surface area contributed by atoms with Crippen LogP contribution >= 0.6 is 0 Å². The Morgan fingerprint density at radius 1 is 1.08 bits per heavy atom. The first kappa shape index (κ1) is 18.9. The highest BCUT2D eigenvalue weighted by Crippen LogP contribution is 2.18. The first-order chi connectivity index (χ1) is 12.6. The van der Waals surface area contributed by atoms with Crippen LogP contribution in [0.15, 0.2) is 48.5 Å². The average molecular weight is 354 g/mol. The number of nitrogens with one attached hydrogen (secondary N) is 1. The topological polar surface area (TPSA) is 44.7 Å². The number of ether oxygens (including phenoxy) is 1. The van der Waals surface area contributed by atoms with E-state index in [1.165, 1.54) is 16.7 Å². The van der Waals surface area contributed by atoms with E-state index in [1.54, 1.807) is 0 Å². The van der Waals surface area contributed by atoms with Crippen molar-refractivity contribution in [1.29, 1.82) is 0 Å². The van der Waals surface area contributed by atoms with Crippen LogP contribution in [0.3, 0.4) is 0 Å². The van der Waals surface area contributed by atoms with Crippen molar-refractivity contribution in [1.82, 2.24) is 10.2 Å². The molecular weight excluding hydrogens is 324 g/mol. The van der Waals surface area contributed by atoms with Gasteiger partial charge in [0.05, 0.1) is 12.2 Å². The zero-order chi connectivity index (χ0) is 18.4. The molecule has 140 valence electrons. The van der Waals surface area contributed by atoms with Gasteiger partial charge in [-0.1, -0.05) is 36.4 Å². The summed E-state index contributed by atoms with van der Waals surface area (Å²) in [5.74, 6) is 0.897. The van der Waals surface area contributed by atoms with Crippen LogP contribution in [0.2, 0.25) is 0 Å². The van der Waals surface area contributed by atoms with E-state index < -0.39 is 0 Å². The van der Waals surface area contributed by atoms with Gasteiger partial charge in [0.2, 0.25) is 0 Å². The van der Waals surface area contributed by atoms with Crippen molar-refractivity contribution in [2.24, 2.45) is 0 Å². The number of rotatable bonds is 8. The predicted molar refractivity (Wildman–Crippen MR) is 105 cm³/mol. The molecular formula is C22H30N2O2. The number of aliphatic hydroxyl groups is 1. The summed E-state index contributed by atoms with van der Waals surface area (Å²) >= 11 is 0. The maximum Gasteiger partial charge on any atom is 0.119 e. The van der Waals surface area contributed by atoms with E-state index in [9.17, 15) is 5.11 Å². The van der Waals surface area contributed by atoms with Crippen LogP contribution in [0.25, 0.3) is 0 Å². The molecule has 0 aromatic heterocycles. The predicted octanol–water partition coefficient (Wildman–Crippen LogP) is 2.98. The molecule has 2 aromatic rings. The Balaban J connectivity index is 1.39. The Labute approximate surface area is 156 Å². The van der Waals surface area contributed by atoms with Gasteiger partial charge in [-0.05, 0) is 49.1 Å². The average Bonchev–Trinajstić information content (AvgIpc) is 2.62. The van der Waals surface area contributed by atoms with Gasteiger partial charge in [-0.3, -0.25) is 4.90 Å². The minimum Gasteiger partial charge on any atom is -0.491 e. The maximum absolute atomic E-state index is 10.3. The Morgan fingerprint density at radius 2 is 1.81 bits per heavy atom. The van der Waals surface area contributed by atoms with Crippen LogP contribution in [0.5, 0.6) is 5.75 Å². The lowest BCUT2D eigenvalue weighted by Crippen LogP contribution is -2.40. The van der Waals surface area contributed by atoms with Gasteiger partial charge in [0.15, 0.2) is 0 Å². The molecule has 4 heteroatoms. The van der Waals surface area contributed by atoms with Crippen molar-refractivity contribution in [3.05, 3.63) is 65.2 Å². The lowest BCUT2D eigenvalue weighted by Gasteiger charge is -2.30. The van der Waals surface area contributed by atoms with Crippen LogP contribution in [0.4, 0.5) is 0 Å². The Bertz CT molecular complexity index is 685. The van der Waals surface area contributed by atoms with Crippen LogP contribution < -0.4 is 10.1 Å². The fraction of sp³-hybridized carbons (Fsp3) is 0.455. The molecule has 4 nitrogen and oxygen atoms in total. The summed E-state index contributed by atoms with van der Waals surface area (Å²) in [6.45, 7) is 8.07. The largest absolute Gasteiger partial charge is 0.491 e. The molecule has 0 amide bonds. The highest BCUT2D eigenvalue weighted by atomic mass is 16.5. The van der Waals surface area contributed by atoms with Crippen molar-refractivity contribution in [3.8, 4) is 5.75 Å². The van der Waals surface area contributed by atoms with Gasteiger partial charge >= 0.3 is 0 Å². The second-order valence-electron chi connectivity index (χ2n) is 7.35. The number of benzene rings is 2. The Kier molecular flexibility index (Phi) is 6.67. The zero-order valence-corrected chi connectivity index (χ0v) is 15.8. The zero-order valence-electron chi connectivity index (χ0n) is 15.8. The minimum absolute atomic E-state index is 0.191. The van der Waals surface area contributed by atoms with E-state index in [0.717, 1.165) is 31.8 Å². The fourth-order valence-electron chi connectivity index (χ4n) is 3.41. The van der Waals surface area contributed by atoms with Gasteiger partial charge in [0.25, 0.3) is 0 Å². The number of aliphatic hydroxyl groups excluding tert-OH is 1. The summed E-state index contributed by atoms with van der Waals surface area (Å²) in [6, 6.07) is 16.7. The van der Waals surface area contributed by atoms with Gasteiger partial charge in [0, 0.05) is 32.7 Å². The lowest BCUT2D eigenvalue weighted by molar-refractivity contribution is 0.104. The smallest absolute Gasteiger partial charge is 0.119 e. The molecule has 0 aliphatic carbocycles. The van der Waals surface area contributed by atoms with E-state index in [1.807, 2.05) is 26.0 Å². The Hall–Kier alpha value is -1.88. The molecule has 0 saturated carbocycles. The molecule has 26 heavy (non-hydrogen) atoms. The SMILES string of the molecule is CC(C)Oc1ccc(CNC[C@H](O)CN2CCc3ccccc3C2)cc1. The number of hydrogen-bond acceptors (Lipinski definition) is 4. The highest BCUT2D eigenvalue weighted by molar-refractivity contribution is 5.29. The van der Waals surface area contributed by atoms with E-state index in [2.05, 4.69) is 46.6 Å². The second kappa shape index (κ2) is 9.17. The summed E-state index contributed by atoms with van der Waals surface area (Å²) in [4.78, 5) is 2.34. The highest BCUT2D eigenvalue weighted by Gasteiger charge is 2.18. The molecule has 2 aromatic carbocycles. The third kappa shape index (κ3) is 5.56. The summed E-state index contributed by atoms with van der Waals surface area (Å²) in [6.07, 6.45) is 0.904. The van der Waals surface area contributed by atoms with E-state index >= 15 is 0 Å². The molecule has 0 unspecified atom stereocenters. The second-order valence-corrected chi connectivity index (χ2v) is 7.35. The Morgan fingerprint density at radius 3 is 2.54 bits per heavy atom. The molecule has 0 radical (unpaired) electrons. The molecule has 1 heterocycles. The fourth-order valence-corrected chi connectivity index (χ4v) is 3.41. The molecule has 0 fully saturated rings. The van der Waals surface area contributed by atoms with E-state index in [0.29, 0.717) is 13.1 Å². The monoisotopic (exact) mass is 354 g/mol. The molecule has 1 aliphatic rings. The number of fused-ring (bicyclic) bond motifs is 1. The normalized spacial score (nSPS) is 15.7. The van der Waals surface area contributed by atoms with Crippen molar-refractivity contribution >= 4 is 0 Å². The van der Waals surface area contributed by atoms with Gasteiger partial charge in [-0.15, -0.1) is 0 Å². The molecule has 1 atom stereocenters.